The highest BCUT2D eigenvalue weighted by Crippen LogP contribution is 2.19. The predicted molar refractivity (Wildman–Crippen MR) is 67.7 cm³/mol. The highest BCUT2D eigenvalue weighted by atomic mass is 32.2. The van der Waals surface area contributed by atoms with E-state index >= 15 is 0 Å². The van der Waals surface area contributed by atoms with E-state index in [0.717, 1.165) is 11.8 Å². The minimum atomic E-state index is -0.981. The number of hydrogen-bond donors (Lipinski definition) is 2. The van der Waals surface area contributed by atoms with Crippen LogP contribution in [-0.4, -0.2) is 26.3 Å². The molecule has 2 N–H and O–H groups in total. The average Bonchev–Trinajstić information content (AvgIpc) is 2.32. The molecule has 0 radical (unpaired) electrons. The van der Waals surface area contributed by atoms with E-state index in [0.29, 0.717) is 0 Å². The third-order valence-corrected chi connectivity index (χ3v) is 1.81. The Hall–Kier alpha value is -1.57. The molecule has 0 aliphatic rings. The number of nitro groups is 1. The van der Waals surface area contributed by atoms with Crippen LogP contribution < -0.4 is 5.56 Å². The van der Waals surface area contributed by atoms with E-state index in [9.17, 15) is 14.9 Å². The van der Waals surface area contributed by atoms with E-state index in [1.54, 1.807) is 6.26 Å². The molecule has 0 fully saturated rings. The third kappa shape index (κ3) is 5.34. The fourth-order valence-electron chi connectivity index (χ4n) is 0.696. The minimum absolute atomic E-state index is 0.133. The van der Waals surface area contributed by atoms with Crippen molar-refractivity contribution in [2.24, 2.45) is 0 Å². The molecule has 0 unspecified atom stereocenters. The van der Waals surface area contributed by atoms with Crippen LogP contribution in [0, 0.1) is 10.1 Å². The summed E-state index contributed by atoms with van der Waals surface area (Å²) in [6.07, 6.45) is 1.61. The lowest BCUT2D eigenvalue weighted by Crippen LogP contribution is -2.13. The quantitative estimate of drug-likeness (QED) is 0.366. The molecule has 0 aliphatic heterocycles. The fraction of sp³-hybridized carbons (Fsp3) is 0.556. The lowest BCUT2D eigenvalue weighted by Gasteiger charge is -1.96. The molecule has 1 aromatic heterocycles. The maximum Gasteiger partial charge on any atom is 0.395 e. The van der Waals surface area contributed by atoms with Crippen LogP contribution in [0.25, 0.3) is 0 Å². The molecule has 1 aromatic rings. The van der Waals surface area contributed by atoms with E-state index in [4.69, 9.17) is 5.11 Å². The molecule has 0 amide bonds. The molecule has 8 heteroatoms. The zero-order valence-electron chi connectivity index (χ0n) is 10.5. The van der Waals surface area contributed by atoms with Crippen molar-refractivity contribution in [3.63, 3.8) is 0 Å². The summed E-state index contributed by atoms with van der Waals surface area (Å²) in [5, 5.41) is 19.3. The SMILES string of the molecule is CC.CC.CSc1nc(O)c([N+](=O)[O-])c(=O)[nH]1. The van der Waals surface area contributed by atoms with Crippen LogP contribution in [0.2, 0.25) is 0 Å². The van der Waals surface area contributed by atoms with Crippen molar-refractivity contribution in [2.45, 2.75) is 32.9 Å². The summed E-state index contributed by atoms with van der Waals surface area (Å²) in [6.45, 7) is 8.00. The number of aromatic amines is 1. The van der Waals surface area contributed by atoms with E-state index in [1.165, 1.54) is 0 Å². The maximum absolute atomic E-state index is 11.0. The first-order chi connectivity index (χ1) is 8.06. The molecule has 98 valence electrons. The average molecular weight is 263 g/mol. The van der Waals surface area contributed by atoms with Crippen LogP contribution in [0.5, 0.6) is 5.88 Å². The van der Waals surface area contributed by atoms with Gasteiger partial charge in [-0.05, 0) is 6.26 Å². The number of rotatable bonds is 2. The smallest absolute Gasteiger partial charge is 0.395 e. The second-order valence-electron chi connectivity index (χ2n) is 2.00. The van der Waals surface area contributed by atoms with E-state index in [-0.39, 0.29) is 5.16 Å². The van der Waals surface area contributed by atoms with Crippen LogP contribution in [0.15, 0.2) is 9.95 Å². The molecule has 1 heterocycles. The van der Waals surface area contributed by atoms with E-state index < -0.39 is 22.0 Å². The first kappa shape index (κ1) is 17.8. The van der Waals surface area contributed by atoms with Crippen molar-refractivity contribution in [1.29, 1.82) is 0 Å². The Kier molecular flexibility index (Phi) is 10.1. The van der Waals surface area contributed by atoms with Crippen molar-refractivity contribution in [1.82, 2.24) is 9.97 Å². The Balaban J connectivity index is 0. The first-order valence-corrected chi connectivity index (χ1v) is 6.30. The lowest BCUT2D eigenvalue weighted by molar-refractivity contribution is -0.387. The highest BCUT2D eigenvalue weighted by molar-refractivity contribution is 7.98. The Morgan fingerprint density at radius 2 is 1.82 bits per heavy atom. The van der Waals surface area contributed by atoms with Crippen LogP contribution >= 0.6 is 11.8 Å². The molecule has 0 bridgehead atoms. The van der Waals surface area contributed by atoms with Crippen molar-refractivity contribution in [2.75, 3.05) is 6.26 Å². The summed E-state index contributed by atoms with van der Waals surface area (Å²) in [5.41, 5.74) is -1.89. The zero-order chi connectivity index (χ0) is 14.0. The van der Waals surface area contributed by atoms with Crippen LogP contribution in [0.1, 0.15) is 27.7 Å². The van der Waals surface area contributed by atoms with Gasteiger partial charge < -0.3 is 5.11 Å². The Bertz CT molecular complexity index is 406. The number of nitrogens with zero attached hydrogens (tertiary/aromatic N) is 2. The largest absolute Gasteiger partial charge is 0.488 e. The molecule has 1 rings (SSSR count). The summed E-state index contributed by atoms with van der Waals surface area (Å²) < 4.78 is 0. The zero-order valence-corrected chi connectivity index (χ0v) is 11.3. The summed E-state index contributed by atoms with van der Waals surface area (Å²) in [4.78, 5) is 25.7. The van der Waals surface area contributed by atoms with Gasteiger partial charge in [0.15, 0.2) is 5.16 Å². The number of hydrogen-bond acceptors (Lipinski definition) is 6. The van der Waals surface area contributed by atoms with Crippen LogP contribution in [-0.2, 0) is 0 Å². The van der Waals surface area contributed by atoms with Crippen molar-refractivity contribution < 1.29 is 10.0 Å². The van der Waals surface area contributed by atoms with Gasteiger partial charge in [-0.1, -0.05) is 39.5 Å². The van der Waals surface area contributed by atoms with Gasteiger partial charge in [-0.3, -0.25) is 19.9 Å². The monoisotopic (exact) mass is 263 g/mol. The summed E-state index contributed by atoms with van der Waals surface area (Å²) in [6, 6.07) is 0. The molecule has 0 saturated heterocycles. The second kappa shape index (κ2) is 9.64. The number of nitrogens with one attached hydrogen (secondary N) is 1. The van der Waals surface area contributed by atoms with Gasteiger partial charge in [-0.25, -0.2) is 0 Å². The van der Waals surface area contributed by atoms with Crippen molar-refractivity contribution in [3.8, 4) is 5.88 Å². The van der Waals surface area contributed by atoms with Gasteiger partial charge >= 0.3 is 11.2 Å². The third-order valence-electron chi connectivity index (χ3n) is 1.23. The van der Waals surface area contributed by atoms with Crippen molar-refractivity contribution in [3.05, 3.63) is 20.5 Å². The topological polar surface area (TPSA) is 109 Å². The number of aromatic nitrogens is 2. The molecule has 0 saturated carbocycles. The van der Waals surface area contributed by atoms with E-state index in [1.807, 2.05) is 27.7 Å². The van der Waals surface area contributed by atoms with Crippen molar-refractivity contribution >= 4 is 17.4 Å². The molecule has 7 nitrogen and oxygen atoms in total. The number of aromatic hydroxyl groups is 1. The summed E-state index contributed by atoms with van der Waals surface area (Å²) >= 11 is 1.07. The van der Waals surface area contributed by atoms with Gasteiger partial charge in [0.25, 0.3) is 5.88 Å². The molecular weight excluding hydrogens is 246 g/mol. The summed E-state index contributed by atoms with van der Waals surface area (Å²) in [5.74, 6) is -0.863. The van der Waals surface area contributed by atoms with Gasteiger partial charge in [0.2, 0.25) is 0 Å². The van der Waals surface area contributed by atoms with Gasteiger partial charge in [-0.2, -0.15) is 4.98 Å². The van der Waals surface area contributed by atoms with Gasteiger partial charge in [0.05, 0.1) is 4.92 Å². The highest BCUT2D eigenvalue weighted by Gasteiger charge is 2.21. The molecule has 0 atom stereocenters. The second-order valence-corrected chi connectivity index (χ2v) is 2.80. The Morgan fingerprint density at radius 1 is 1.35 bits per heavy atom. The Labute approximate surface area is 103 Å². The Morgan fingerprint density at radius 3 is 2.12 bits per heavy atom. The lowest BCUT2D eigenvalue weighted by atomic mass is 10.5. The number of thioether (sulfide) groups is 1. The van der Waals surface area contributed by atoms with Gasteiger partial charge in [0, 0.05) is 0 Å². The predicted octanol–water partition coefficient (Wildman–Crippen LogP) is 2.16. The maximum atomic E-state index is 11.0. The van der Waals surface area contributed by atoms with Crippen LogP contribution in [0.4, 0.5) is 5.69 Å². The fourth-order valence-corrected chi connectivity index (χ4v) is 1.07. The minimum Gasteiger partial charge on any atom is -0.488 e. The van der Waals surface area contributed by atoms with Gasteiger partial charge in [-0.15, -0.1) is 0 Å². The summed E-state index contributed by atoms with van der Waals surface area (Å²) in [7, 11) is 0. The molecule has 0 spiro atoms. The standard InChI is InChI=1S/C5H5N3O4S.2C2H6/c1-13-5-6-3(9)2(8(11)12)4(10)7-5;2*1-2/h1H3,(H2,6,7,9,10);2*1-2H3. The van der Waals surface area contributed by atoms with Crippen LogP contribution in [0.3, 0.4) is 0 Å². The molecule has 17 heavy (non-hydrogen) atoms. The number of H-pyrrole nitrogens is 1. The molecular formula is C9H17N3O4S. The first-order valence-electron chi connectivity index (χ1n) is 5.08. The molecule has 0 aliphatic carbocycles. The van der Waals surface area contributed by atoms with E-state index in [2.05, 4.69) is 9.97 Å². The normalized spacial score (nSPS) is 8.29. The van der Waals surface area contributed by atoms with Gasteiger partial charge in [0.1, 0.15) is 0 Å². The molecule has 0 aromatic carbocycles.